The minimum absolute atomic E-state index is 0.156. The Morgan fingerprint density at radius 1 is 1.35 bits per heavy atom. The van der Waals surface area contributed by atoms with Gasteiger partial charge in [-0.2, -0.15) is 5.10 Å². The zero-order chi connectivity index (χ0) is 13.9. The Kier molecular flexibility index (Phi) is 3.04. The number of nitrogens with one attached hydrogen (secondary N) is 2. The van der Waals surface area contributed by atoms with E-state index in [1.807, 2.05) is 24.3 Å². The van der Waals surface area contributed by atoms with Gasteiger partial charge < -0.3 is 11.1 Å². The lowest BCUT2D eigenvalue weighted by atomic mass is 10.1. The van der Waals surface area contributed by atoms with E-state index in [0.29, 0.717) is 17.9 Å². The molecule has 6 nitrogen and oxygen atoms in total. The van der Waals surface area contributed by atoms with Crippen LogP contribution in [0.2, 0.25) is 0 Å². The van der Waals surface area contributed by atoms with E-state index < -0.39 is 0 Å². The van der Waals surface area contributed by atoms with Crippen LogP contribution in [0.15, 0.2) is 42.7 Å². The average Bonchev–Trinajstić information content (AvgIpc) is 2.89. The molecular weight excluding hydrogens is 254 g/mol. The quantitative estimate of drug-likeness (QED) is 0.669. The Bertz CT molecular complexity index is 765. The van der Waals surface area contributed by atoms with Crippen LogP contribution in [-0.2, 0) is 6.54 Å². The number of fused-ring (bicyclic) bond motifs is 1. The number of hydrogen-bond donors (Lipinski definition) is 3. The van der Waals surface area contributed by atoms with Crippen LogP contribution < -0.4 is 11.1 Å². The zero-order valence-corrected chi connectivity index (χ0v) is 10.6. The van der Waals surface area contributed by atoms with Crippen molar-refractivity contribution in [1.29, 1.82) is 0 Å². The summed E-state index contributed by atoms with van der Waals surface area (Å²) in [7, 11) is 0. The minimum atomic E-state index is -0.156. The number of rotatable bonds is 3. The first kappa shape index (κ1) is 12.2. The van der Waals surface area contributed by atoms with Crippen LogP contribution >= 0.6 is 0 Å². The summed E-state index contributed by atoms with van der Waals surface area (Å²) in [6, 6.07) is 9.17. The van der Waals surface area contributed by atoms with Gasteiger partial charge in [0.15, 0.2) is 0 Å². The summed E-state index contributed by atoms with van der Waals surface area (Å²) < 4.78 is 0. The van der Waals surface area contributed by atoms with Crippen molar-refractivity contribution < 1.29 is 4.79 Å². The van der Waals surface area contributed by atoms with Crippen LogP contribution in [0.4, 0.5) is 5.82 Å². The number of anilines is 1. The zero-order valence-electron chi connectivity index (χ0n) is 10.6. The highest BCUT2D eigenvalue weighted by Gasteiger charge is 2.08. The number of amides is 1. The summed E-state index contributed by atoms with van der Waals surface area (Å²) in [5.41, 5.74) is 7.88. The number of hydrogen-bond acceptors (Lipinski definition) is 4. The number of nitrogen functional groups attached to an aromatic ring is 1. The van der Waals surface area contributed by atoms with Crippen molar-refractivity contribution in [2.45, 2.75) is 6.54 Å². The van der Waals surface area contributed by atoms with Crippen molar-refractivity contribution in [2.24, 2.45) is 0 Å². The van der Waals surface area contributed by atoms with Crippen molar-refractivity contribution in [3.63, 3.8) is 0 Å². The molecule has 3 aromatic rings. The Morgan fingerprint density at radius 2 is 2.25 bits per heavy atom. The number of aromatic amines is 1. The van der Waals surface area contributed by atoms with Gasteiger partial charge in [0.1, 0.15) is 5.82 Å². The van der Waals surface area contributed by atoms with Gasteiger partial charge in [0.2, 0.25) is 0 Å². The smallest absolute Gasteiger partial charge is 0.251 e. The van der Waals surface area contributed by atoms with E-state index in [-0.39, 0.29) is 5.91 Å². The van der Waals surface area contributed by atoms with Crippen molar-refractivity contribution in [2.75, 3.05) is 5.73 Å². The van der Waals surface area contributed by atoms with Crippen molar-refractivity contribution in [3.05, 3.63) is 53.9 Å². The fraction of sp³-hybridized carbons (Fsp3) is 0.0714. The molecule has 0 aliphatic heterocycles. The highest BCUT2D eigenvalue weighted by Crippen LogP contribution is 2.13. The third kappa shape index (κ3) is 2.31. The van der Waals surface area contributed by atoms with E-state index in [1.165, 1.54) is 0 Å². The Labute approximate surface area is 115 Å². The monoisotopic (exact) mass is 267 g/mol. The standard InChI is InChI=1S/C14H13N5O/c15-13-11(8-18-19-13)7-17-14(20)10-3-4-12-9(6-10)2-1-5-16-12/h1-6,8H,7H2,(H,17,20)(H3,15,18,19). The first-order valence-electron chi connectivity index (χ1n) is 6.15. The largest absolute Gasteiger partial charge is 0.384 e. The molecular formula is C14H13N5O. The Balaban J connectivity index is 1.77. The molecule has 0 radical (unpaired) electrons. The molecule has 20 heavy (non-hydrogen) atoms. The van der Waals surface area contributed by atoms with Crippen LogP contribution in [0.25, 0.3) is 10.9 Å². The summed E-state index contributed by atoms with van der Waals surface area (Å²) in [6.07, 6.45) is 3.32. The number of carbonyl (C=O) groups excluding carboxylic acids is 1. The topological polar surface area (TPSA) is 96.7 Å². The van der Waals surface area contributed by atoms with Gasteiger partial charge in [0.25, 0.3) is 5.91 Å². The highest BCUT2D eigenvalue weighted by molar-refractivity contribution is 5.97. The van der Waals surface area contributed by atoms with Crippen LogP contribution in [0.1, 0.15) is 15.9 Å². The predicted molar refractivity (Wildman–Crippen MR) is 75.9 cm³/mol. The summed E-state index contributed by atoms with van der Waals surface area (Å²) in [5, 5.41) is 10.2. The molecule has 0 spiro atoms. The highest BCUT2D eigenvalue weighted by atomic mass is 16.1. The SMILES string of the molecule is Nc1[nH]ncc1CNC(=O)c1ccc2ncccc2c1. The maximum atomic E-state index is 12.1. The van der Waals surface area contributed by atoms with Crippen LogP contribution in [0.5, 0.6) is 0 Å². The number of benzene rings is 1. The van der Waals surface area contributed by atoms with Crippen LogP contribution in [0.3, 0.4) is 0 Å². The maximum absolute atomic E-state index is 12.1. The number of aromatic nitrogens is 3. The van der Waals surface area contributed by atoms with Crippen LogP contribution in [-0.4, -0.2) is 21.1 Å². The molecule has 0 saturated carbocycles. The fourth-order valence-corrected chi connectivity index (χ4v) is 1.96. The van der Waals surface area contributed by atoms with E-state index in [0.717, 1.165) is 16.5 Å². The lowest BCUT2D eigenvalue weighted by Gasteiger charge is -2.05. The molecule has 1 aromatic carbocycles. The number of nitrogens with two attached hydrogens (primary N) is 1. The Morgan fingerprint density at radius 3 is 3.05 bits per heavy atom. The van der Waals surface area contributed by atoms with Gasteiger partial charge >= 0.3 is 0 Å². The van der Waals surface area contributed by atoms with Gasteiger partial charge in [-0.1, -0.05) is 6.07 Å². The lowest BCUT2D eigenvalue weighted by molar-refractivity contribution is 0.0951. The molecule has 3 rings (SSSR count). The molecule has 0 aliphatic carbocycles. The summed E-state index contributed by atoms with van der Waals surface area (Å²) in [4.78, 5) is 16.3. The minimum Gasteiger partial charge on any atom is -0.384 e. The molecule has 100 valence electrons. The maximum Gasteiger partial charge on any atom is 0.251 e. The summed E-state index contributed by atoms with van der Waals surface area (Å²) >= 11 is 0. The second-order valence-corrected chi connectivity index (χ2v) is 4.40. The second-order valence-electron chi connectivity index (χ2n) is 4.40. The number of H-pyrrole nitrogens is 1. The van der Waals surface area contributed by atoms with Gasteiger partial charge in [-0.25, -0.2) is 0 Å². The lowest BCUT2D eigenvalue weighted by Crippen LogP contribution is -2.22. The molecule has 2 heterocycles. The van der Waals surface area contributed by atoms with E-state index in [9.17, 15) is 4.79 Å². The second kappa shape index (κ2) is 5.00. The molecule has 2 aromatic heterocycles. The molecule has 0 unspecified atom stereocenters. The molecule has 6 heteroatoms. The Hall–Kier alpha value is -2.89. The summed E-state index contributed by atoms with van der Waals surface area (Å²) in [6.45, 7) is 0.340. The summed E-state index contributed by atoms with van der Waals surface area (Å²) in [5.74, 6) is 0.310. The normalized spacial score (nSPS) is 10.6. The van der Waals surface area contributed by atoms with E-state index >= 15 is 0 Å². The number of nitrogens with zero attached hydrogens (tertiary/aromatic N) is 2. The van der Waals surface area contributed by atoms with Gasteiger partial charge in [-0.3, -0.25) is 14.9 Å². The first-order valence-corrected chi connectivity index (χ1v) is 6.15. The van der Waals surface area contributed by atoms with Gasteiger partial charge in [-0.15, -0.1) is 0 Å². The predicted octanol–water partition coefficient (Wildman–Crippen LogP) is 1.47. The third-order valence-electron chi connectivity index (χ3n) is 3.06. The van der Waals surface area contributed by atoms with Gasteiger partial charge in [0.05, 0.1) is 11.7 Å². The average molecular weight is 267 g/mol. The molecule has 4 N–H and O–H groups in total. The van der Waals surface area contributed by atoms with Crippen LogP contribution in [0, 0.1) is 0 Å². The molecule has 0 saturated heterocycles. The van der Waals surface area contributed by atoms with E-state index in [1.54, 1.807) is 18.5 Å². The van der Waals surface area contributed by atoms with Gasteiger partial charge in [0, 0.05) is 29.3 Å². The molecule has 0 atom stereocenters. The molecule has 0 fully saturated rings. The fourth-order valence-electron chi connectivity index (χ4n) is 1.96. The van der Waals surface area contributed by atoms with Gasteiger partial charge in [-0.05, 0) is 24.3 Å². The van der Waals surface area contributed by atoms with Crippen molar-refractivity contribution in [1.82, 2.24) is 20.5 Å². The van der Waals surface area contributed by atoms with E-state index in [4.69, 9.17) is 5.73 Å². The third-order valence-corrected chi connectivity index (χ3v) is 3.06. The molecule has 0 aliphatic rings. The number of pyridine rings is 1. The van der Waals surface area contributed by atoms with Crippen molar-refractivity contribution >= 4 is 22.6 Å². The van der Waals surface area contributed by atoms with Crippen molar-refractivity contribution in [3.8, 4) is 0 Å². The first-order chi connectivity index (χ1) is 9.74. The number of carbonyl (C=O) groups is 1. The van der Waals surface area contributed by atoms with E-state index in [2.05, 4.69) is 20.5 Å². The molecule has 1 amide bonds. The molecule has 0 bridgehead atoms.